The first-order valence-electron chi connectivity index (χ1n) is 10.9. The molecule has 4 nitrogen and oxygen atoms in total. The Bertz CT molecular complexity index is 1130. The van der Waals surface area contributed by atoms with Crippen molar-refractivity contribution in [1.29, 1.82) is 0 Å². The molecule has 2 unspecified atom stereocenters. The molecule has 0 fully saturated rings. The molecule has 0 bridgehead atoms. The van der Waals surface area contributed by atoms with E-state index in [-0.39, 0.29) is 23.2 Å². The van der Waals surface area contributed by atoms with Crippen LogP contribution in [0, 0.1) is 0 Å². The minimum absolute atomic E-state index is 0.116. The lowest BCUT2D eigenvalue weighted by molar-refractivity contribution is -0.116. The molecule has 0 saturated heterocycles. The van der Waals surface area contributed by atoms with Crippen LogP contribution in [0.15, 0.2) is 82.6 Å². The summed E-state index contributed by atoms with van der Waals surface area (Å²) in [5.74, 6) is 1.09. The van der Waals surface area contributed by atoms with Crippen LogP contribution in [0.3, 0.4) is 0 Å². The van der Waals surface area contributed by atoms with Gasteiger partial charge in [0.25, 0.3) is 0 Å². The van der Waals surface area contributed by atoms with Gasteiger partial charge in [-0.3, -0.25) is 4.79 Å². The van der Waals surface area contributed by atoms with Crippen LogP contribution in [0.4, 0.5) is 11.4 Å². The summed E-state index contributed by atoms with van der Waals surface area (Å²) in [6.07, 6.45) is 2.96. The number of carbonyl (C=O) groups is 1. The van der Waals surface area contributed by atoms with Gasteiger partial charge in [-0.05, 0) is 53.1 Å². The standard InChI is InChI=1S/C27H28N2O2/c1-27(2,3)19-12-10-17(11-13-19)18-15-22-25(23(30)16-18)26(24-9-6-14-31-24)29-21-8-5-4-7-20(21)28-22/h4-14,18,26,28-29H,15-16H2,1-3H3. The number of furan rings is 1. The van der Waals surface area contributed by atoms with Gasteiger partial charge in [0, 0.05) is 17.7 Å². The summed E-state index contributed by atoms with van der Waals surface area (Å²) in [5, 5.41) is 7.11. The third-order valence-electron chi connectivity index (χ3n) is 6.38. The second-order valence-electron chi connectivity index (χ2n) is 9.56. The Hall–Kier alpha value is -3.27. The van der Waals surface area contributed by atoms with Gasteiger partial charge in [0.05, 0.1) is 17.6 Å². The Balaban J connectivity index is 1.53. The maximum Gasteiger partial charge on any atom is 0.163 e. The summed E-state index contributed by atoms with van der Waals surface area (Å²) in [7, 11) is 0. The predicted molar refractivity (Wildman–Crippen MR) is 124 cm³/mol. The van der Waals surface area contributed by atoms with Gasteiger partial charge >= 0.3 is 0 Å². The first kappa shape index (κ1) is 19.7. The van der Waals surface area contributed by atoms with Gasteiger partial charge in [-0.1, -0.05) is 57.2 Å². The van der Waals surface area contributed by atoms with E-state index >= 15 is 0 Å². The number of rotatable bonds is 2. The zero-order valence-corrected chi connectivity index (χ0v) is 18.2. The van der Waals surface area contributed by atoms with Crippen molar-refractivity contribution in [3.63, 3.8) is 0 Å². The number of para-hydroxylation sites is 2. The molecule has 0 radical (unpaired) electrons. The van der Waals surface area contributed by atoms with Gasteiger partial charge in [-0.25, -0.2) is 0 Å². The zero-order valence-electron chi connectivity index (χ0n) is 18.2. The molecule has 1 aliphatic carbocycles. The number of carbonyl (C=O) groups excluding carboxylic acids is 1. The van der Waals surface area contributed by atoms with Gasteiger partial charge in [-0.15, -0.1) is 0 Å². The molecule has 3 aromatic rings. The van der Waals surface area contributed by atoms with Gasteiger partial charge in [0.15, 0.2) is 5.78 Å². The van der Waals surface area contributed by atoms with E-state index in [4.69, 9.17) is 4.42 Å². The number of fused-ring (bicyclic) bond motifs is 1. The molecule has 4 heteroatoms. The van der Waals surface area contributed by atoms with E-state index in [1.165, 1.54) is 11.1 Å². The van der Waals surface area contributed by atoms with Crippen molar-refractivity contribution in [1.82, 2.24) is 0 Å². The Morgan fingerprint density at radius 3 is 2.32 bits per heavy atom. The van der Waals surface area contributed by atoms with Crippen molar-refractivity contribution in [3.05, 3.63) is 95.1 Å². The quantitative estimate of drug-likeness (QED) is 0.501. The van der Waals surface area contributed by atoms with Crippen molar-refractivity contribution in [3.8, 4) is 0 Å². The van der Waals surface area contributed by atoms with Crippen molar-refractivity contribution >= 4 is 17.2 Å². The molecule has 5 rings (SSSR count). The number of ketones is 1. The predicted octanol–water partition coefficient (Wildman–Crippen LogP) is 6.56. The van der Waals surface area contributed by atoms with Crippen LogP contribution in [0.5, 0.6) is 0 Å². The molecule has 31 heavy (non-hydrogen) atoms. The summed E-state index contributed by atoms with van der Waals surface area (Å²) >= 11 is 0. The van der Waals surface area contributed by atoms with Gasteiger partial charge in [0.2, 0.25) is 0 Å². The van der Waals surface area contributed by atoms with Crippen molar-refractivity contribution < 1.29 is 9.21 Å². The number of hydrogen-bond acceptors (Lipinski definition) is 4. The lowest BCUT2D eigenvalue weighted by atomic mass is 9.78. The summed E-state index contributed by atoms with van der Waals surface area (Å²) < 4.78 is 5.72. The highest BCUT2D eigenvalue weighted by molar-refractivity contribution is 6.01. The summed E-state index contributed by atoms with van der Waals surface area (Å²) in [6, 6.07) is 20.4. The molecule has 2 N–H and O–H groups in total. The Morgan fingerprint density at radius 1 is 0.903 bits per heavy atom. The topological polar surface area (TPSA) is 54.3 Å². The highest BCUT2D eigenvalue weighted by atomic mass is 16.3. The summed E-state index contributed by atoms with van der Waals surface area (Å²) in [6.45, 7) is 6.66. The van der Waals surface area contributed by atoms with Gasteiger partial charge in [0.1, 0.15) is 11.8 Å². The number of benzene rings is 2. The molecule has 1 aromatic heterocycles. The monoisotopic (exact) mass is 412 g/mol. The van der Waals surface area contributed by atoms with Crippen LogP contribution < -0.4 is 10.6 Å². The number of anilines is 2. The van der Waals surface area contributed by atoms with E-state index in [0.29, 0.717) is 6.42 Å². The van der Waals surface area contributed by atoms with E-state index in [1.807, 2.05) is 36.4 Å². The molecule has 1 aliphatic heterocycles. The average molecular weight is 413 g/mol. The largest absolute Gasteiger partial charge is 0.467 e. The summed E-state index contributed by atoms with van der Waals surface area (Å²) in [4.78, 5) is 13.5. The smallest absolute Gasteiger partial charge is 0.163 e. The number of hydrogen-bond donors (Lipinski definition) is 2. The normalized spacial score (nSPS) is 20.9. The molecule has 158 valence electrons. The molecule has 0 saturated carbocycles. The number of allylic oxidation sites excluding steroid dienone is 1. The SMILES string of the molecule is CC(C)(C)c1ccc(C2CC(=O)C3=C(C2)Nc2ccccc2NC3c2ccco2)cc1. The van der Waals surface area contributed by atoms with Crippen LogP contribution in [-0.2, 0) is 10.2 Å². The molecular formula is C27H28N2O2. The van der Waals surface area contributed by atoms with Crippen LogP contribution >= 0.6 is 0 Å². The van der Waals surface area contributed by atoms with E-state index in [0.717, 1.165) is 34.8 Å². The fourth-order valence-corrected chi connectivity index (χ4v) is 4.65. The van der Waals surface area contributed by atoms with Crippen molar-refractivity contribution in [2.75, 3.05) is 10.6 Å². The molecule has 2 aliphatic rings. The lowest BCUT2D eigenvalue weighted by Crippen LogP contribution is -2.26. The second-order valence-corrected chi connectivity index (χ2v) is 9.56. The Kier molecular flexibility index (Phi) is 4.73. The maximum atomic E-state index is 13.5. The first-order chi connectivity index (χ1) is 14.9. The van der Waals surface area contributed by atoms with Crippen molar-refractivity contribution in [2.45, 2.75) is 51.0 Å². The van der Waals surface area contributed by atoms with Crippen molar-refractivity contribution in [2.24, 2.45) is 0 Å². The van der Waals surface area contributed by atoms with Crippen LogP contribution in [-0.4, -0.2) is 5.78 Å². The molecular weight excluding hydrogens is 384 g/mol. The maximum absolute atomic E-state index is 13.5. The molecule has 2 aromatic carbocycles. The van der Waals surface area contributed by atoms with E-state index in [9.17, 15) is 4.79 Å². The Labute approximate surface area is 183 Å². The lowest BCUT2D eigenvalue weighted by Gasteiger charge is -2.29. The minimum Gasteiger partial charge on any atom is -0.467 e. The van der Waals surface area contributed by atoms with Gasteiger partial charge < -0.3 is 15.1 Å². The number of nitrogens with one attached hydrogen (secondary N) is 2. The fourth-order valence-electron chi connectivity index (χ4n) is 4.65. The average Bonchev–Trinajstić information content (AvgIpc) is 3.22. The Morgan fingerprint density at radius 2 is 1.65 bits per heavy atom. The second kappa shape index (κ2) is 7.45. The fraction of sp³-hybridized carbons (Fsp3) is 0.296. The minimum atomic E-state index is -0.294. The third kappa shape index (κ3) is 3.67. The molecule has 2 atom stereocenters. The van der Waals surface area contributed by atoms with Gasteiger partial charge in [-0.2, -0.15) is 0 Å². The summed E-state index contributed by atoms with van der Waals surface area (Å²) in [5.41, 5.74) is 6.37. The molecule has 0 amide bonds. The van der Waals surface area contributed by atoms with Crippen LogP contribution in [0.2, 0.25) is 0 Å². The van der Waals surface area contributed by atoms with E-state index in [2.05, 4.69) is 55.7 Å². The van der Waals surface area contributed by atoms with Crippen LogP contribution in [0.25, 0.3) is 0 Å². The zero-order chi connectivity index (χ0) is 21.6. The highest BCUT2D eigenvalue weighted by Gasteiger charge is 2.37. The third-order valence-corrected chi connectivity index (χ3v) is 6.38. The first-order valence-corrected chi connectivity index (χ1v) is 10.9. The molecule has 0 spiro atoms. The van der Waals surface area contributed by atoms with E-state index < -0.39 is 0 Å². The molecule has 2 heterocycles. The van der Waals surface area contributed by atoms with Crippen LogP contribution in [0.1, 0.15) is 62.5 Å². The highest BCUT2D eigenvalue weighted by Crippen LogP contribution is 2.44. The van der Waals surface area contributed by atoms with E-state index in [1.54, 1.807) is 6.26 Å². The number of Topliss-reactive ketones (excluding diaryl/α,β-unsaturated/α-hetero) is 1.